The molecule has 1 atom stereocenters. The van der Waals surface area contributed by atoms with Crippen LogP contribution in [0.4, 0.5) is 0 Å². The standard InChI is InChI=1S/C13H19NO3S/c1-9-4-3-5-10(12(9)15)8-14-11(13(16)17)6-7-18-2/h3-5,11,14-15H,6-8H2,1-2H3,(H,16,17)/t11-/m0/s1. The summed E-state index contributed by atoms with van der Waals surface area (Å²) < 4.78 is 0. The summed E-state index contributed by atoms with van der Waals surface area (Å²) in [5, 5.41) is 21.9. The van der Waals surface area contributed by atoms with E-state index in [1.54, 1.807) is 17.8 Å². The number of benzene rings is 1. The Hall–Kier alpha value is -1.20. The van der Waals surface area contributed by atoms with Gasteiger partial charge in [0.25, 0.3) is 0 Å². The predicted octanol–water partition coefficient (Wildman–Crippen LogP) is 2.00. The molecule has 0 saturated carbocycles. The van der Waals surface area contributed by atoms with E-state index in [4.69, 9.17) is 5.11 Å². The van der Waals surface area contributed by atoms with Crippen molar-refractivity contribution in [3.63, 3.8) is 0 Å². The Morgan fingerprint density at radius 2 is 2.22 bits per heavy atom. The molecule has 1 aromatic carbocycles. The van der Waals surface area contributed by atoms with Gasteiger partial charge in [0.05, 0.1) is 0 Å². The highest BCUT2D eigenvalue weighted by Gasteiger charge is 2.16. The van der Waals surface area contributed by atoms with E-state index in [1.807, 2.05) is 25.3 Å². The van der Waals surface area contributed by atoms with Crippen molar-refractivity contribution in [1.82, 2.24) is 5.32 Å². The van der Waals surface area contributed by atoms with Crippen LogP contribution in [0, 0.1) is 6.92 Å². The minimum atomic E-state index is -0.851. The third-order valence-electron chi connectivity index (χ3n) is 2.77. The molecule has 0 heterocycles. The Morgan fingerprint density at radius 1 is 1.50 bits per heavy atom. The minimum Gasteiger partial charge on any atom is -0.507 e. The van der Waals surface area contributed by atoms with Crippen molar-refractivity contribution in [2.45, 2.75) is 25.9 Å². The molecule has 0 spiro atoms. The van der Waals surface area contributed by atoms with Crippen LogP contribution in [-0.4, -0.2) is 34.2 Å². The fourth-order valence-electron chi connectivity index (χ4n) is 1.64. The van der Waals surface area contributed by atoms with Crippen LogP contribution in [-0.2, 0) is 11.3 Å². The summed E-state index contributed by atoms with van der Waals surface area (Å²) in [4.78, 5) is 11.0. The number of thioether (sulfide) groups is 1. The Bertz CT molecular complexity index is 409. The number of hydrogen-bond acceptors (Lipinski definition) is 4. The summed E-state index contributed by atoms with van der Waals surface area (Å²) in [5.41, 5.74) is 1.52. The van der Waals surface area contributed by atoms with E-state index >= 15 is 0 Å². The third-order valence-corrected chi connectivity index (χ3v) is 3.41. The molecule has 0 saturated heterocycles. The highest BCUT2D eigenvalue weighted by Crippen LogP contribution is 2.21. The van der Waals surface area contributed by atoms with Gasteiger partial charge < -0.3 is 15.5 Å². The Kier molecular flexibility index (Phi) is 6.01. The number of aromatic hydroxyl groups is 1. The molecule has 1 aromatic rings. The number of nitrogens with one attached hydrogen (secondary N) is 1. The van der Waals surface area contributed by atoms with Crippen molar-refractivity contribution in [3.05, 3.63) is 29.3 Å². The molecule has 5 heteroatoms. The van der Waals surface area contributed by atoms with Crippen LogP contribution in [0.3, 0.4) is 0 Å². The highest BCUT2D eigenvalue weighted by molar-refractivity contribution is 7.98. The first-order valence-electron chi connectivity index (χ1n) is 5.78. The normalized spacial score (nSPS) is 12.3. The number of carbonyl (C=O) groups is 1. The van der Waals surface area contributed by atoms with Crippen LogP contribution < -0.4 is 5.32 Å². The number of aliphatic carboxylic acids is 1. The predicted molar refractivity (Wildman–Crippen MR) is 74.1 cm³/mol. The second-order valence-electron chi connectivity index (χ2n) is 4.14. The van der Waals surface area contributed by atoms with Crippen molar-refractivity contribution >= 4 is 17.7 Å². The largest absolute Gasteiger partial charge is 0.507 e. The lowest BCUT2D eigenvalue weighted by Crippen LogP contribution is -2.36. The summed E-state index contributed by atoms with van der Waals surface area (Å²) in [6, 6.07) is 4.89. The van der Waals surface area contributed by atoms with Gasteiger partial charge in [-0.15, -0.1) is 0 Å². The van der Waals surface area contributed by atoms with Crippen molar-refractivity contribution in [2.75, 3.05) is 12.0 Å². The summed E-state index contributed by atoms with van der Waals surface area (Å²) in [6.45, 7) is 2.18. The van der Waals surface area contributed by atoms with Gasteiger partial charge in [0.1, 0.15) is 11.8 Å². The lowest BCUT2D eigenvalue weighted by Gasteiger charge is -2.15. The smallest absolute Gasteiger partial charge is 0.320 e. The average Bonchev–Trinajstić information content (AvgIpc) is 2.33. The molecule has 1 rings (SSSR count). The zero-order valence-electron chi connectivity index (χ0n) is 10.6. The molecule has 0 fully saturated rings. The lowest BCUT2D eigenvalue weighted by atomic mass is 10.1. The number of rotatable bonds is 7. The van der Waals surface area contributed by atoms with Crippen LogP contribution in [0.5, 0.6) is 5.75 Å². The van der Waals surface area contributed by atoms with Gasteiger partial charge in [0, 0.05) is 12.1 Å². The van der Waals surface area contributed by atoms with E-state index < -0.39 is 12.0 Å². The minimum absolute atomic E-state index is 0.235. The molecule has 0 radical (unpaired) electrons. The Morgan fingerprint density at radius 3 is 2.83 bits per heavy atom. The molecule has 4 nitrogen and oxygen atoms in total. The van der Waals surface area contributed by atoms with Crippen LogP contribution in [0.1, 0.15) is 17.5 Å². The molecule has 3 N–H and O–H groups in total. The van der Waals surface area contributed by atoms with Gasteiger partial charge in [-0.1, -0.05) is 18.2 Å². The molecule has 0 amide bonds. The number of carboxylic acid groups (broad SMARTS) is 1. The molecular weight excluding hydrogens is 250 g/mol. The fourth-order valence-corrected chi connectivity index (χ4v) is 2.12. The number of aryl methyl sites for hydroxylation is 1. The fraction of sp³-hybridized carbons (Fsp3) is 0.462. The molecule has 0 aromatic heterocycles. The van der Waals surface area contributed by atoms with E-state index in [1.165, 1.54) is 0 Å². The maximum Gasteiger partial charge on any atom is 0.320 e. The number of phenols is 1. The molecular formula is C13H19NO3S. The number of para-hydroxylation sites is 1. The Labute approximate surface area is 111 Å². The van der Waals surface area contributed by atoms with Crippen LogP contribution in [0.15, 0.2) is 18.2 Å². The van der Waals surface area contributed by atoms with E-state index in [0.29, 0.717) is 13.0 Å². The van der Waals surface area contributed by atoms with Crippen LogP contribution >= 0.6 is 11.8 Å². The summed E-state index contributed by atoms with van der Waals surface area (Å²) in [5.74, 6) is 0.180. The maximum atomic E-state index is 11.0. The van der Waals surface area contributed by atoms with E-state index in [0.717, 1.165) is 16.9 Å². The van der Waals surface area contributed by atoms with Crippen molar-refractivity contribution in [2.24, 2.45) is 0 Å². The zero-order valence-corrected chi connectivity index (χ0v) is 11.5. The topological polar surface area (TPSA) is 69.6 Å². The van der Waals surface area contributed by atoms with E-state index in [9.17, 15) is 9.90 Å². The van der Waals surface area contributed by atoms with Gasteiger partial charge in [-0.25, -0.2) is 0 Å². The molecule has 0 aliphatic carbocycles. The summed E-state index contributed by atoms with van der Waals surface area (Å²) in [6.07, 6.45) is 2.52. The molecule has 0 aliphatic rings. The highest BCUT2D eigenvalue weighted by atomic mass is 32.2. The Balaban J connectivity index is 2.61. The van der Waals surface area contributed by atoms with Gasteiger partial charge in [-0.3, -0.25) is 4.79 Å². The number of carboxylic acids is 1. The molecule has 0 aliphatic heterocycles. The van der Waals surface area contributed by atoms with Gasteiger partial charge in [-0.2, -0.15) is 11.8 Å². The maximum absolute atomic E-state index is 11.0. The quantitative estimate of drug-likeness (QED) is 0.706. The van der Waals surface area contributed by atoms with Crippen molar-refractivity contribution in [3.8, 4) is 5.75 Å². The summed E-state index contributed by atoms with van der Waals surface area (Å²) in [7, 11) is 0. The van der Waals surface area contributed by atoms with E-state index in [-0.39, 0.29) is 5.75 Å². The van der Waals surface area contributed by atoms with E-state index in [2.05, 4.69) is 5.32 Å². The SMILES string of the molecule is CSCC[C@H](NCc1cccc(C)c1O)C(=O)O. The number of phenolic OH excluding ortho intramolecular Hbond substituents is 1. The first-order valence-corrected chi connectivity index (χ1v) is 7.18. The van der Waals surface area contributed by atoms with Crippen molar-refractivity contribution in [1.29, 1.82) is 0 Å². The van der Waals surface area contributed by atoms with Crippen molar-refractivity contribution < 1.29 is 15.0 Å². The van der Waals surface area contributed by atoms with Gasteiger partial charge >= 0.3 is 5.97 Å². The summed E-state index contributed by atoms with van der Waals surface area (Å²) >= 11 is 1.62. The molecule has 18 heavy (non-hydrogen) atoms. The number of hydrogen-bond donors (Lipinski definition) is 3. The van der Waals surface area contributed by atoms with Crippen LogP contribution in [0.2, 0.25) is 0 Å². The monoisotopic (exact) mass is 269 g/mol. The molecule has 0 unspecified atom stereocenters. The molecule has 100 valence electrons. The lowest BCUT2D eigenvalue weighted by molar-refractivity contribution is -0.139. The molecule has 0 bridgehead atoms. The first kappa shape index (κ1) is 14.9. The third kappa shape index (κ3) is 4.23. The van der Waals surface area contributed by atoms with Crippen LogP contribution in [0.25, 0.3) is 0 Å². The zero-order chi connectivity index (χ0) is 13.5. The van der Waals surface area contributed by atoms with Gasteiger partial charge in [0.2, 0.25) is 0 Å². The average molecular weight is 269 g/mol. The second-order valence-corrected chi connectivity index (χ2v) is 5.12. The van der Waals surface area contributed by atoms with Gasteiger partial charge in [0.15, 0.2) is 0 Å². The second kappa shape index (κ2) is 7.28. The van der Waals surface area contributed by atoms with Gasteiger partial charge in [-0.05, 0) is 30.9 Å². The first-order chi connectivity index (χ1) is 8.56.